The Morgan fingerprint density at radius 2 is 1.92 bits per heavy atom. The lowest BCUT2D eigenvalue weighted by Crippen LogP contribution is -2.40. The number of pyridine rings is 1. The van der Waals surface area contributed by atoms with E-state index in [0.29, 0.717) is 11.7 Å². The first kappa shape index (κ1) is 16.8. The average molecular weight is 416 g/mol. The fraction of sp³-hybridized carbons (Fsp3) is 0.294. The van der Waals surface area contributed by atoms with Crippen LogP contribution in [0.15, 0.2) is 41.4 Å². The molecule has 0 aliphatic carbocycles. The number of hydrogen-bond donors (Lipinski definition) is 2. The summed E-state index contributed by atoms with van der Waals surface area (Å²) in [5, 5.41) is 4.47. The maximum Gasteiger partial charge on any atom is 0.324 e. The van der Waals surface area contributed by atoms with Gasteiger partial charge in [-0.05, 0) is 40.9 Å². The molecular weight excluding hydrogens is 398 g/mol. The van der Waals surface area contributed by atoms with Gasteiger partial charge in [0.2, 0.25) is 5.95 Å². The van der Waals surface area contributed by atoms with Gasteiger partial charge < -0.3 is 16.0 Å². The van der Waals surface area contributed by atoms with E-state index >= 15 is 0 Å². The molecule has 1 fully saturated rings. The number of aromatic nitrogens is 4. The summed E-state index contributed by atoms with van der Waals surface area (Å²) in [6.07, 6.45) is 8.82. The largest absolute Gasteiger partial charge is 0.382 e. The Balaban J connectivity index is 1.45. The van der Waals surface area contributed by atoms with Crippen molar-refractivity contribution in [2.75, 3.05) is 23.3 Å². The fourth-order valence-corrected chi connectivity index (χ4v) is 3.46. The first-order chi connectivity index (χ1) is 12.6. The second kappa shape index (κ2) is 6.91. The number of rotatable bonds is 3. The standard InChI is InChI=1S/C17H18BrN7O/c18-11-9-21-17(22-10-11)24-6-2-12(3-7-24)23-14-1-5-20-15-13(14)4-8-25(15)16(19)26/h1,4-5,8-10,12H,2-3,6-7H2,(H2,19,26)(H,20,23). The number of halogens is 1. The number of piperidine rings is 1. The maximum absolute atomic E-state index is 11.5. The van der Waals surface area contributed by atoms with Gasteiger partial charge in [-0.2, -0.15) is 0 Å². The molecule has 134 valence electrons. The molecule has 4 rings (SSSR count). The van der Waals surface area contributed by atoms with Gasteiger partial charge >= 0.3 is 6.03 Å². The molecule has 0 bridgehead atoms. The number of nitrogens with one attached hydrogen (secondary N) is 1. The quantitative estimate of drug-likeness (QED) is 0.681. The highest BCUT2D eigenvalue weighted by atomic mass is 79.9. The summed E-state index contributed by atoms with van der Waals surface area (Å²) in [5.74, 6) is 0.761. The molecule has 0 atom stereocenters. The predicted molar refractivity (Wildman–Crippen MR) is 103 cm³/mol. The normalized spacial score (nSPS) is 15.3. The molecule has 1 aliphatic rings. The lowest BCUT2D eigenvalue weighted by atomic mass is 10.0. The Labute approximate surface area is 158 Å². The molecule has 3 N–H and O–H groups in total. The molecule has 0 aromatic carbocycles. The van der Waals surface area contributed by atoms with Crippen LogP contribution in [0, 0.1) is 0 Å². The molecule has 9 heteroatoms. The molecule has 0 saturated carbocycles. The number of primary amides is 1. The summed E-state index contributed by atoms with van der Waals surface area (Å²) < 4.78 is 2.23. The number of amides is 1. The van der Waals surface area contributed by atoms with Crippen molar-refractivity contribution in [3.05, 3.63) is 41.4 Å². The number of carbonyl (C=O) groups is 1. The maximum atomic E-state index is 11.5. The van der Waals surface area contributed by atoms with Crippen LogP contribution >= 0.6 is 15.9 Å². The minimum Gasteiger partial charge on any atom is -0.382 e. The molecule has 8 nitrogen and oxygen atoms in total. The van der Waals surface area contributed by atoms with Crippen LogP contribution in [-0.2, 0) is 0 Å². The van der Waals surface area contributed by atoms with Crippen LogP contribution in [0.1, 0.15) is 12.8 Å². The van der Waals surface area contributed by atoms with E-state index in [4.69, 9.17) is 5.73 Å². The van der Waals surface area contributed by atoms with E-state index in [0.717, 1.165) is 47.4 Å². The molecule has 26 heavy (non-hydrogen) atoms. The summed E-state index contributed by atoms with van der Waals surface area (Å²) in [6, 6.07) is 3.59. The summed E-state index contributed by atoms with van der Waals surface area (Å²) in [7, 11) is 0. The molecule has 0 spiro atoms. The lowest BCUT2D eigenvalue weighted by Gasteiger charge is -2.33. The van der Waals surface area contributed by atoms with Gasteiger partial charge in [0.15, 0.2) is 0 Å². The van der Waals surface area contributed by atoms with Crippen LogP contribution in [0.4, 0.5) is 16.4 Å². The Kier molecular flexibility index (Phi) is 4.46. The lowest BCUT2D eigenvalue weighted by molar-refractivity contribution is 0.251. The van der Waals surface area contributed by atoms with E-state index in [1.807, 2.05) is 12.1 Å². The van der Waals surface area contributed by atoms with Gasteiger partial charge in [-0.3, -0.25) is 4.57 Å². The zero-order valence-corrected chi connectivity index (χ0v) is 15.6. The van der Waals surface area contributed by atoms with Gasteiger partial charge in [-0.25, -0.2) is 19.7 Å². The molecule has 1 aliphatic heterocycles. The van der Waals surface area contributed by atoms with Crippen LogP contribution < -0.4 is 16.0 Å². The van der Waals surface area contributed by atoms with Gasteiger partial charge in [0, 0.05) is 55.0 Å². The second-order valence-electron chi connectivity index (χ2n) is 6.23. The topological polar surface area (TPSA) is 102 Å². The molecule has 3 aromatic rings. The first-order valence-corrected chi connectivity index (χ1v) is 9.16. The number of nitrogens with two attached hydrogens (primary N) is 1. The molecule has 0 radical (unpaired) electrons. The van der Waals surface area contributed by atoms with E-state index in [2.05, 4.69) is 41.1 Å². The summed E-state index contributed by atoms with van der Waals surface area (Å²) in [5.41, 5.74) is 6.92. The Morgan fingerprint density at radius 3 is 2.62 bits per heavy atom. The van der Waals surface area contributed by atoms with Gasteiger partial charge in [0.25, 0.3) is 0 Å². The van der Waals surface area contributed by atoms with Gasteiger partial charge in [-0.15, -0.1) is 0 Å². The van der Waals surface area contributed by atoms with Crippen LogP contribution in [-0.4, -0.2) is 44.7 Å². The zero-order valence-electron chi connectivity index (χ0n) is 14.0. The van der Waals surface area contributed by atoms with E-state index in [-0.39, 0.29) is 0 Å². The Bertz CT molecular complexity index is 932. The molecule has 0 unspecified atom stereocenters. The molecule has 1 amide bonds. The van der Waals surface area contributed by atoms with Crippen molar-refractivity contribution >= 4 is 44.6 Å². The third-order valence-electron chi connectivity index (χ3n) is 4.57. The monoisotopic (exact) mass is 415 g/mol. The van der Waals surface area contributed by atoms with Crippen molar-refractivity contribution in [1.82, 2.24) is 19.5 Å². The Hall–Kier alpha value is -2.68. The highest BCUT2D eigenvalue weighted by Gasteiger charge is 2.21. The highest BCUT2D eigenvalue weighted by molar-refractivity contribution is 9.10. The van der Waals surface area contributed by atoms with Crippen molar-refractivity contribution in [1.29, 1.82) is 0 Å². The van der Waals surface area contributed by atoms with Gasteiger partial charge in [-0.1, -0.05) is 0 Å². The van der Waals surface area contributed by atoms with Crippen LogP contribution in [0.3, 0.4) is 0 Å². The third-order valence-corrected chi connectivity index (χ3v) is 4.98. The van der Waals surface area contributed by atoms with Crippen LogP contribution in [0.2, 0.25) is 0 Å². The van der Waals surface area contributed by atoms with E-state index in [9.17, 15) is 4.79 Å². The fourth-order valence-electron chi connectivity index (χ4n) is 3.25. The van der Waals surface area contributed by atoms with E-state index in [1.165, 1.54) is 4.57 Å². The summed E-state index contributed by atoms with van der Waals surface area (Å²) >= 11 is 3.36. The van der Waals surface area contributed by atoms with Crippen molar-refractivity contribution in [2.24, 2.45) is 5.73 Å². The van der Waals surface area contributed by atoms with Gasteiger partial charge in [0.05, 0.1) is 4.47 Å². The van der Waals surface area contributed by atoms with E-state index < -0.39 is 6.03 Å². The molecule has 3 aromatic heterocycles. The smallest absolute Gasteiger partial charge is 0.324 e. The molecular formula is C17H18BrN7O. The number of anilines is 2. The average Bonchev–Trinajstić information content (AvgIpc) is 3.09. The third kappa shape index (κ3) is 3.22. The zero-order chi connectivity index (χ0) is 18.1. The predicted octanol–water partition coefficient (Wildman–Crippen LogP) is 2.60. The first-order valence-electron chi connectivity index (χ1n) is 8.37. The summed E-state index contributed by atoms with van der Waals surface area (Å²) in [4.78, 5) is 26.7. The SMILES string of the molecule is NC(=O)n1ccc2c(NC3CCN(c4ncc(Br)cn4)CC3)ccnc21. The number of carbonyl (C=O) groups excluding carboxylic acids is 1. The number of nitrogens with zero attached hydrogens (tertiary/aromatic N) is 5. The minimum absolute atomic E-state index is 0.337. The van der Waals surface area contributed by atoms with Crippen molar-refractivity contribution < 1.29 is 4.79 Å². The van der Waals surface area contributed by atoms with Crippen molar-refractivity contribution in [2.45, 2.75) is 18.9 Å². The van der Waals surface area contributed by atoms with Crippen molar-refractivity contribution in [3.63, 3.8) is 0 Å². The molecule has 1 saturated heterocycles. The minimum atomic E-state index is -0.535. The second-order valence-corrected chi connectivity index (χ2v) is 7.14. The number of fused-ring (bicyclic) bond motifs is 1. The molecule has 4 heterocycles. The highest BCUT2D eigenvalue weighted by Crippen LogP contribution is 2.26. The summed E-state index contributed by atoms with van der Waals surface area (Å²) in [6.45, 7) is 1.77. The van der Waals surface area contributed by atoms with E-state index in [1.54, 1.807) is 24.8 Å². The van der Waals surface area contributed by atoms with Crippen LogP contribution in [0.5, 0.6) is 0 Å². The number of hydrogen-bond acceptors (Lipinski definition) is 6. The Morgan fingerprint density at radius 1 is 1.19 bits per heavy atom. The van der Waals surface area contributed by atoms with Gasteiger partial charge in [0.1, 0.15) is 5.65 Å². The van der Waals surface area contributed by atoms with Crippen molar-refractivity contribution in [3.8, 4) is 0 Å². The van der Waals surface area contributed by atoms with Crippen LogP contribution in [0.25, 0.3) is 11.0 Å².